The van der Waals surface area contributed by atoms with Crippen molar-refractivity contribution in [3.05, 3.63) is 35.2 Å². The van der Waals surface area contributed by atoms with Gasteiger partial charge < -0.3 is 25.8 Å². The molecule has 4 N–H and O–H groups in total. The van der Waals surface area contributed by atoms with Gasteiger partial charge >= 0.3 is 0 Å². The van der Waals surface area contributed by atoms with Gasteiger partial charge in [0.2, 0.25) is 5.95 Å². The molecule has 2 unspecified atom stereocenters. The second-order valence-electron chi connectivity index (χ2n) is 8.27. The van der Waals surface area contributed by atoms with Crippen molar-refractivity contribution >= 4 is 39.9 Å². The predicted molar refractivity (Wildman–Crippen MR) is 129 cm³/mol. The summed E-state index contributed by atoms with van der Waals surface area (Å²) in [5.41, 5.74) is 7.87. The van der Waals surface area contributed by atoms with E-state index in [0.29, 0.717) is 35.2 Å². The molecule has 0 radical (unpaired) electrons. The number of piperazine rings is 1. The van der Waals surface area contributed by atoms with Crippen LogP contribution in [0.1, 0.15) is 6.92 Å². The third kappa shape index (κ3) is 5.54. The summed E-state index contributed by atoms with van der Waals surface area (Å²) < 4.78 is 30.3. The lowest BCUT2D eigenvalue weighted by Gasteiger charge is -2.39. The number of halogens is 3. The summed E-state index contributed by atoms with van der Waals surface area (Å²) in [4.78, 5) is 17.1. The molecule has 0 aliphatic carbocycles. The number of hydrogen-bond acceptors (Lipinski definition) is 9. The maximum Gasteiger partial charge on any atom is 0.257 e. The number of nitrogens with two attached hydrogens (primary N) is 1. The molecule has 0 saturated carbocycles. The van der Waals surface area contributed by atoms with E-state index in [0.717, 1.165) is 37.3 Å². The minimum absolute atomic E-state index is 0.0353. The summed E-state index contributed by atoms with van der Waals surface area (Å²) in [6.07, 6.45) is -0.0985. The Morgan fingerprint density at radius 3 is 2.76 bits per heavy atom. The Balaban J connectivity index is 1.49. The van der Waals surface area contributed by atoms with Crippen molar-refractivity contribution in [2.45, 2.75) is 25.5 Å². The number of anilines is 2. The van der Waals surface area contributed by atoms with Crippen LogP contribution in [0.4, 0.5) is 20.4 Å². The van der Waals surface area contributed by atoms with Gasteiger partial charge in [0.25, 0.3) is 6.43 Å². The molecule has 3 heterocycles. The van der Waals surface area contributed by atoms with Crippen molar-refractivity contribution < 1.29 is 18.6 Å². The van der Waals surface area contributed by atoms with Crippen LogP contribution < -0.4 is 16.0 Å². The number of aromatic nitrogens is 2. The lowest BCUT2D eigenvalue weighted by atomic mass is 10.1. The molecule has 2 aromatic rings. The zero-order chi connectivity index (χ0) is 24.2. The molecular weight excluding hydrogens is 468 g/mol. The maximum absolute atomic E-state index is 12.5. The average molecular weight is 496 g/mol. The van der Waals surface area contributed by atoms with Crippen LogP contribution in [0.15, 0.2) is 35.2 Å². The van der Waals surface area contributed by atoms with Gasteiger partial charge in [0, 0.05) is 44.0 Å². The largest absolute Gasteiger partial charge is 0.403 e. The van der Waals surface area contributed by atoms with Gasteiger partial charge in [-0.2, -0.15) is 0 Å². The summed E-state index contributed by atoms with van der Waals surface area (Å²) in [5, 5.41) is 14.4. The van der Waals surface area contributed by atoms with Crippen LogP contribution in [0.2, 0.25) is 5.02 Å². The molecular formula is C22H28ClF2N7O2. The second-order valence-corrected chi connectivity index (χ2v) is 8.68. The average Bonchev–Trinajstić information content (AvgIpc) is 3.26. The van der Waals surface area contributed by atoms with Crippen LogP contribution in [0.5, 0.6) is 0 Å². The first-order valence-corrected chi connectivity index (χ1v) is 11.4. The summed E-state index contributed by atoms with van der Waals surface area (Å²) in [5.74, 6) is 0.268. The summed E-state index contributed by atoms with van der Waals surface area (Å²) >= 11 is 6.58. The molecule has 2 saturated heterocycles. The Morgan fingerprint density at radius 1 is 1.35 bits per heavy atom. The van der Waals surface area contributed by atoms with Crippen molar-refractivity contribution in [1.82, 2.24) is 14.9 Å². The smallest absolute Gasteiger partial charge is 0.257 e. The van der Waals surface area contributed by atoms with Crippen molar-refractivity contribution in [3.8, 4) is 0 Å². The number of fused-ring (bicyclic) bond motifs is 1. The Kier molecular flexibility index (Phi) is 7.77. The third-order valence-corrected chi connectivity index (χ3v) is 6.37. The molecule has 0 bridgehead atoms. The minimum atomic E-state index is -2.53. The molecule has 2 atom stereocenters. The third-order valence-electron chi connectivity index (χ3n) is 6.06. The number of aliphatic hydroxyl groups excluding tert-OH is 1. The summed E-state index contributed by atoms with van der Waals surface area (Å²) in [6.45, 7) is 5.01. The number of allylic oxidation sites excluding steroid dienone is 1. The summed E-state index contributed by atoms with van der Waals surface area (Å²) in [7, 11) is 0. The molecule has 4 rings (SSSR count). The normalized spacial score (nSPS) is 22.7. The fourth-order valence-corrected chi connectivity index (χ4v) is 4.47. The standard InChI is InChI=1S/C22H28ClF2N7O2/c1-13(27-10-21(24)25)17(8-26)30-22-28-9-14-6-15(23)18(7-16(14)29-22)31-2-4-32(5-3-31)19-11-34-12-20(19)33/h6-9,19-21,33H,2-5,10-12,26H2,1H3,(H,28,29,30)/b17-8+,27-13?. The van der Waals surface area contributed by atoms with Crippen molar-refractivity contribution in [2.75, 3.05) is 56.2 Å². The number of benzene rings is 1. The van der Waals surface area contributed by atoms with Crippen LogP contribution in [0.25, 0.3) is 10.9 Å². The highest BCUT2D eigenvalue weighted by Gasteiger charge is 2.33. The quantitative estimate of drug-likeness (QED) is 0.501. The van der Waals surface area contributed by atoms with Gasteiger partial charge in [0.1, 0.15) is 6.54 Å². The van der Waals surface area contributed by atoms with Crippen LogP contribution in [-0.2, 0) is 4.74 Å². The number of nitrogens with zero attached hydrogens (tertiary/aromatic N) is 5. The van der Waals surface area contributed by atoms with E-state index in [1.807, 2.05) is 12.1 Å². The monoisotopic (exact) mass is 495 g/mol. The number of ether oxygens (including phenoxy) is 1. The van der Waals surface area contributed by atoms with E-state index in [1.165, 1.54) is 6.20 Å². The lowest BCUT2D eigenvalue weighted by Crippen LogP contribution is -2.53. The first-order valence-electron chi connectivity index (χ1n) is 11.1. The molecule has 2 fully saturated rings. The van der Waals surface area contributed by atoms with Gasteiger partial charge in [-0.3, -0.25) is 9.89 Å². The van der Waals surface area contributed by atoms with Crippen molar-refractivity contribution in [3.63, 3.8) is 0 Å². The van der Waals surface area contributed by atoms with Crippen LogP contribution in [-0.4, -0.2) is 90.2 Å². The van der Waals surface area contributed by atoms with Gasteiger partial charge in [-0.1, -0.05) is 11.6 Å². The first kappa shape index (κ1) is 24.5. The zero-order valence-electron chi connectivity index (χ0n) is 18.8. The first-order chi connectivity index (χ1) is 16.4. The molecule has 9 nitrogen and oxygen atoms in total. The highest BCUT2D eigenvalue weighted by molar-refractivity contribution is 6.34. The van der Waals surface area contributed by atoms with Crippen molar-refractivity contribution in [1.29, 1.82) is 0 Å². The highest BCUT2D eigenvalue weighted by atomic mass is 35.5. The fourth-order valence-electron chi connectivity index (χ4n) is 4.18. The topological polar surface area (TPSA) is 112 Å². The van der Waals surface area contributed by atoms with Gasteiger partial charge in [-0.25, -0.2) is 18.7 Å². The molecule has 34 heavy (non-hydrogen) atoms. The Morgan fingerprint density at radius 2 is 2.12 bits per heavy atom. The Bertz CT molecular complexity index is 1080. The molecule has 1 aromatic carbocycles. The SMILES string of the molecule is CC(=NCC(F)F)/C(=C\N)Nc1ncc2cc(Cl)c(N3CCN(C4COCC4O)CC3)cc2n1. The van der Waals surface area contributed by atoms with Gasteiger partial charge in [0.05, 0.1) is 53.0 Å². The van der Waals surface area contributed by atoms with Gasteiger partial charge in [0.15, 0.2) is 0 Å². The maximum atomic E-state index is 12.5. The number of rotatable bonds is 7. The number of aliphatic hydroxyl groups is 1. The van der Waals surface area contributed by atoms with Gasteiger partial charge in [-0.15, -0.1) is 0 Å². The van der Waals surface area contributed by atoms with E-state index in [1.54, 1.807) is 13.1 Å². The van der Waals surface area contributed by atoms with E-state index >= 15 is 0 Å². The Hall–Kier alpha value is -2.60. The fraction of sp³-hybridized carbons (Fsp3) is 0.500. The summed E-state index contributed by atoms with van der Waals surface area (Å²) in [6, 6.07) is 3.77. The van der Waals surface area contributed by atoms with Crippen molar-refractivity contribution in [2.24, 2.45) is 10.7 Å². The number of aliphatic imine (C=N–C) groups is 1. The molecule has 2 aliphatic rings. The van der Waals surface area contributed by atoms with E-state index < -0.39 is 19.1 Å². The lowest BCUT2D eigenvalue weighted by molar-refractivity contribution is 0.0785. The molecule has 1 aromatic heterocycles. The van der Waals surface area contributed by atoms with E-state index in [-0.39, 0.29) is 12.0 Å². The van der Waals surface area contributed by atoms with E-state index in [2.05, 4.69) is 30.1 Å². The molecule has 184 valence electrons. The highest BCUT2D eigenvalue weighted by Crippen LogP contribution is 2.32. The number of nitrogens with one attached hydrogen (secondary N) is 1. The van der Waals surface area contributed by atoms with Crippen LogP contribution in [0.3, 0.4) is 0 Å². The molecule has 2 aliphatic heterocycles. The predicted octanol–water partition coefficient (Wildman–Crippen LogP) is 2.10. The van der Waals surface area contributed by atoms with Crippen LogP contribution in [0, 0.1) is 0 Å². The van der Waals surface area contributed by atoms with Gasteiger partial charge in [-0.05, 0) is 19.1 Å². The van der Waals surface area contributed by atoms with Crippen LogP contribution >= 0.6 is 11.6 Å². The van der Waals surface area contributed by atoms with E-state index in [9.17, 15) is 13.9 Å². The number of alkyl halides is 2. The second kappa shape index (κ2) is 10.8. The van der Waals surface area contributed by atoms with E-state index in [4.69, 9.17) is 22.1 Å². The molecule has 0 spiro atoms. The Labute approximate surface area is 201 Å². The molecule has 12 heteroatoms. The number of hydrogen-bond donors (Lipinski definition) is 3. The zero-order valence-corrected chi connectivity index (χ0v) is 19.5. The minimum Gasteiger partial charge on any atom is -0.403 e. The molecule has 0 amide bonds.